The molecule has 3 N–H and O–H groups in total. The van der Waals surface area contributed by atoms with Crippen LogP contribution in [0.15, 0.2) is 18.2 Å². The van der Waals surface area contributed by atoms with Gasteiger partial charge in [-0.15, -0.1) is 0 Å². The van der Waals surface area contributed by atoms with Gasteiger partial charge in [-0.2, -0.15) is 0 Å². The van der Waals surface area contributed by atoms with Gasteiger partial charge in [0.2, 0.25) is 0 Å². The Morgan fingerprint density at radius 2 is 2.05 bits per heavy atom. The number of rotatable bonds is 6. The maximum Gasteiger partial charge on any atom is 0.328 e. The van der Waals surface area contributed by atoms with E-state index in [1.807, 2.05) is 6.92 Å². The zero-order chi connectivity index (χ0) is 15.1. The number of anilines is 1. The highest BCUT2D eigenvalue weighted by atomic mass is 16.5. The second-order valence-corrected chi connectivity index (χ2v) is 4.40. The van der Waals surface area contributed by atoms with Gasteiger partial charge in [0.15, 0.2) is 0 Å². The van der Waals surface area contributed by atoms with E-state index in [9.17, 15) is 9.59 Å². The lowest BCUT2D eigenvalue weighted by Gasteiger charge is -2.16. The number of benzene rings is 1. The van der Waals surface area contributed by atoms with Crippen LogP contribution in [0.4, 0.5) is 5.69 Å². The average molecular weight is 280 g/mol. The van der Waals surface area contributed by atoms with Gasteiger partial charge in [-0.05, 0) is 30.7 Å². The quantitative estimate of drug-likeness (QED) is 0.596. The van der Waals surface area contributed by atoms with E-state index in [0.717, 1.165) is 5.56 Å². The highest BCUT2D eigenvalue weighted by Crippen LogP contribution is 2.13. The van der Waals surface area contributed by atoms with E-state index in [4.69, 9.17) is 10.5 Å². The summed E-state index contributed by atoms with van der Waals surface area (Å²) in [6.07, 6.45) is 0.350. The minimum absolute atomic E-state index is 0.348. The van der Waals surface area contributed by atoms with Crippen LogP contribution in [0.1, 0.15) is 22.3 Å². The van der Waals surface area contributed by atoms with E-state index in [1.165, 1.54) is 14.2 Å². The first kappa shape index (κ1) is 16.0. The SMILES string of the molecule is COCCC(NC(=O)c1ccc(N)c(C)c1)C(=O)OC. The van der Waals surface area contributed by atoms with Gasteiger partial charge in [0.1, 0.15) is 6.04 Å². The second kappa shape index (κ2) is 7.49. The van der Waals surface area contributed by atoms with E-state index in [-0.39, 0.29) is 5.91 Å². The van der Waals surface area contributed by atoms with Crippen molar-refractivity contribution in [2.75, 3.05) is 26.6 Å². The smallest absolute Gasteiger partial charge is 0.328 e. The van der Waals surface area contributed by atoms with Crippen molar-refractivity contribution in [2.24, 2.45) is 0 Å². The van der Waals surface area contributed by atoms with Gasteiger partial charge in [0, 0.05) is 31.4 Å². The summed E-state index contributed by atoms with van der Waals surface area (Å²) in [4.78, 5) is 23.7. The molecule has 6 nitrogen and oxygen atoms in total. The van der Waals surface area contributed by atoms with Crippen LogP contribution in [0, 0.1) is 6.92 Å². The lowest BCUT2D eigenvalue weighted by atomic mass is 10.1. The third-order valence-electron chi connectivity index (χ3n) is 2.93. The fourth-order valence-corrected chi connectivity index (χ4v) is 1.69. The molecule has 20 heavy (non-hydrogen) atoms. The summed E-state index contributed by atoms with van der Waals surface area (Å²) in [5.41, 5.74) is 7.58. The van der Waals surface area contributed by atoms with E-state index < -0.39 is 12.0 Å². The Morgan fingerprint density at radius 3 is 2.60 bits per heavy atom. The van der Waals surface area contributed by atoms with Crippen LogP contribution in [0.5, 0.6) is 0 Å². The van der Waals surface area contributed by atoms with Crippen LogP contribution in [-0.4, -0.2) is 38.7 Å². The number of nitrogens with one attached hydrogen (secondary N) is 1. The molecule has 0 aliphatic carbocycles. The number of aryl methyl sites for hydroxylation is 1. The van der Waals surface area contributed by atoms with E-state index >= 15 is 0 Å². The number of ether oxygens (including phenoxy) is 2. The van der Waals surface area contributed by atoms with Crippen LogP contribution >= 0.6 is 0 Å². The van der Waals surface area contributed by atoms with E-state index in [2.05, 4.69) is 10.1 Å². The van der Waals surface area contributed by atoms with E-state index in [1.54, 1.807) is 18.2 Å². The number of carbonyl (C=O) groups is 2. The van der Waals surface area contributed by atoms with Crippen LogP contribution in [0.3, 0.4) is 0 Å². The normalized spacial score (nSPS) is 11.8. The fraction of sp³-hybridized carbons (Fsp3) is 0.429. The summed E-state index contributed by atoms with van der Waals surface area (Å²) in [6.45, 7) is 2.16. The number of amides is 1. The zero-order valence-corrected chi connectivity index (χ0v) is 11.9. The van der Waals surface area contributed by atoms with Gasteiger partial charge >= 0.3 is 5.97 Å². The van der Waals surface area contributed by atoms with Gasteiger partial charge in [0.25, 0.3) is 5.91 Å². The Labute approximate surface area is 118 Å². The molecule has 0 aliphatic heterocycles. The number of nitrogens with two attached hydrogens (primary N) is 1. The molecular formula is C14H20N2O4. The summed E-state index contributed by atoms with van der Waals surface area (Å²) in [5.74, 6) is -0.845. The van der Waals surface area contributed by atoms with Crippen molar-refractivity contribution in [1.29, 1.82) is 0 Å². The Hall–Kier alpha value is -2.08. The van der Waals surface area contributed by atoms with Crippen LogP contribution < -0.4 is 11.1 Å². The summed E-state index contributed by atoms with van der Waals surface area (Å²) in [5, 5.41) is 2.63. The Bertz CT molecular complexity index is 488. The number of methoxy groups -OCH3 is 2. The molecule has 0 aliphatic rings. The van der Waals surface area contributed by atoms with Gasteiger partial charge in [-0.3, -0.25) is 4.79 Å². The maximum absolute atomic E-state index is 12.1. The molecule has 0 spiro atoms. The second-order valence-electron chi connectivity index (χ2n) is 4.40. The molecule has 0 bridgehead atoms. The van der Waals surface area contributed by atoms with Crippen molar-refractivity contribution in [3.05, 3.63) is 29.3 Å². The van der Waals surface area contributed by atoms with Crippen LogP contribution in [-0.2, 0) is 14.3 Å². The predicted molar refractivity (Wildman–Crippen MR) is 75.4 cm³/mol. The standard InChI is InChI=1S/C14H20N2O4/c1-9-8-10(4-5-11(9)15)13(17)16-12(6-7-19-2)14(18)20-3/h4-5,8,12H,6-7,15H2,1-3H3,(H,16,17). The zero-order valence-electron chi connectivity index (χ0n) is 11.9. The molecular weight excluding hydrogens is 260 g/mol. The molecule has 1 amide bonds. The lowest BCUT2D eigenvalue weighted by molar-refractivity contribution is -0.143. The van der Waals surface area contributed by atoms with E-state index in [0.29, 0.717) is 24.3 Å². The number of esters is 1. The predicted octanol–water partition coefficient (Wildman–Crippen LogP) is 0.885. The summed E-state index contributed by atoms with van der Waals surface area (Å²) >= 11 is 0. The molecule has 0 saturated heterocycles. The number of hydrogen-bond donors (Lipinski definition) is 2. The van der Waals surface area contributed by atoms with Gasteiger partial charge in [0.05, 0.1) is 7.11 Å². The highest BCUT2D eigenvalue weighted by molar-refractivity contribution is 5.97. The maximum atomic E-state index is 12.1. The van der Waals surface area contributed by atoms with Crippen molar-refractivity contribution in [3.63, 3.8) is 0 Å². The molecule has 1 rings (SSSR count). The molecule has 1 unspecified atom stereocenters. The average Bonchev–Trinajstić information content (AvgIpc) is 2.45. The molecule has 6 heteroatoms. The van der Waals surface area contributed by atoms with Crippen LogP contribution in [0.2, 0.25) is 0 Å². The molecule has 0 aromatic heterocycles. The van der Waals surface area contributed by atoms with Gasteiger partial charge in [-0.1, -0.05) is 0 Å². The number of hydrogen-bond acceptors (Lipinski definition) is 5. The molecule has 0 saturated carbocycles. The summed E-state index contributed by atoms with van der Waals surface area (Å²) < 4.78 is 9.57. The van der Waals surface area contributed by atoms with Crippen molar-refractivity contribution < 1.29 is 19.1 Å². The van der Waals surface area contributed by atoms with Gasteiger partial charge < -0.3 is 20.5 Å². The third kappa shape index (κ3) is 4.24. The monoisotopic (exact) mass is 280 g/mol. The topological polar surface area (TPSA) is 90.6 Å². The van der Waals surface area contributed by atoms with Crippen molar-refractivity contribution in [3.8, 4) is 0 Å². The fourth-order valence-electron chi connectivity index (χ4n) is 1.69. The van der Waals surface area contributed by atoms with Crippen molar-refractivity contribution >= 4 is 17.6 Å². The molecule has 0 radical (unpaired) electrons. The molecule has 0 heterocycles. The van der Waals surface area contributed by atoms with Crippen LogP contribution in [0.25, 0.3) is 0 Å². The minimum atomic E-state index is -0.731. The van der Waals surface area contributed by atoms with Gasteiger partial charge in [-0.25, -0.2) is 4.79 Å². The number of carbonyl (C=O) groups excluding carboxylic acids is 2. The first-order valence-electron chi connectivity index (χ1n) is 6.23. The summed E-state index contributed by atoms with van der Waals surface area (Å²) in [7, 11) is 2.81. The lowest BCUT2D eigenvalue weighted by Crippen LogP contribution is -2.42. The summed E-state index contributed by atoms with van der Waals surface area (Å²) in [6, 6.07) is 4.22. The highest BCUT2D eigenvalue weighted by Gasteiger charge is 2.21. The first-order chi connectivity index (χ1) is 9.49. The largest absolute Gasteiger partial charge is 0.467 e. The molecule has 1 aromatic rings. The molecule has 110 valence electrons. The van der Waals surface area contributed by atoms with Crippen molar-refractivity contribution in [1.82, 2.24) is 5.32 Å². The first-order valence-corrected chi connectivity index (χ1v) is 6.23. The molecule has 1 atom stereocenters. The Kier molecular flexibility index (Phi) is 5.99. The third-order valence-corrected chi connectivity index (χ3v) is 2.93. The van der Waals surface area contributed by atoms with Crippen molar-refractivity contribution in [2.45, 2.75) is 19.4 Å². The Balaban J connectivity index is 2.78. The molecule has 1 aromatic carbocycles. The Morgan fingerprint density at radius 1 is 1.35 bits per heavy atom. The minimum Gasteiger partial charge on any atom is -0.467 e. The number of nitrogen functional groups attached to an aromatic ring is 1. The molecule has 0 fully saturated rings.